The molecule has 0 aliphatic carbocycles. The van der Waals surface area contributed by atoms with E-state index in [4.69, 9.17) is 14.2 Å². The van der Waals surface area contributed by atoms with Crippen LogP contribution in [-0.4, -0.2) is 41.0 Å². The van der Waals surface area contributed by atoms with Gasteiger partial charge in [-0.3, -0.25) is 4.79 Å². The van der Waals surface area contributed by atoms with Crippen molar-refractivity contribution in [3.63, 3.8) is 0 Å². The number of unbranched alkanes of at least 4 members (excludes halogenated alkanes) is 1. The number of carbonyl (C=O) groups is 1. The molecule has 0 radical (unpaired) electrons. The van der Waals surface area contributed by atoms with Crippen molar-refractivity contribution in [2.45, 2.75) is 69.2 Å². The third-order valence-corrected chi connectivity index (χ3v) is 6.79. The van der Waals surface area contributed by atoms with E-state index in [1.54, 1.807) is 6.07 Å². The molecule has 3 aromatic rings. The monoisotopic (exact) mass is 522 g/mol. The molecule has 6 nitrogen and oxygen atoms in total. The fourth-order valence-electron chi connectivity index (χ4n) is 3.76. The van der Waals surface area contributed by atoms with Crippen LogP contribution in [0.15, 0.2) is 71.9 Å². The Hall–Kier alpha value is -3.06. The van der Waals surface area contributed by atoms with E-state index in [1.807, 2.05) is 43.3 Å². The van der Waals surface area contributed by atoms with Gasteiger partial charge in [0.2, 0.25) is 11.8 Å². The summed E-state index contributed by atoms with van der Waals surface area (Å²) in [5.41, 5.74) is 2.56. The molecule has 0 aliphatic rings. The lowest BCUT2D eigenvalue weighted by molar-refractivity contribution is -0.142. The molecule has 198 valence electrons. The van der Waals surface area contributed by atoms with Crippen LogP contribution in [0.1, 0.15) is 57.1 Å². The van der Waals surface area contributed by atoms with Gasteiger partial charge in [0.05, 0.1) is 25.9 Å². The number of hydrogen-bond donors (Lipinski definition) is 0. The van der Waals surface area contributed by atoms with Gasteiger partial charge in [-0.25, -0.2) is 0 Å². The quantitative estimate of drug-likeness (QED) is 0.0844. The zero-order valence-corrected chi connectivity index (χ0v) is 22.8. The van der Waals surface area contributed by atoms with Crippen molar-refractivity contribution in [1.29, 1.82) is 0 Å². The Bertz CT molecular complexity index is 984. The Morgan fingerprint density at radius 3 is 1.84 bits per heavy atom. The Morgan fingerprint density at radius 2 is 1.35 bits per heavy atom. The van der Waals surface area contributed by atoms with E-state index in [-0.39, 0.29) is 11.2 Å². The highest BCUT2D eigenvalue weighted by molar-refractivity contribution is 8.00. The molecule has 37 heavy (non-hydrogen) atoms. The molecule has 0 aliphatic heterocycles. The van der Waals surface area contributed by atoms with Crippen LogP contribution in [0.2, 0.25) is 0 Å². The molecular formula is C30H38N2O4S. The number of esters is 1. The second-order valence-electron chi connectivity index (χ2n) is 8.70. The van der Waals surface area contributed by atoms with E-state index >= 15 is 0 Å². The third-order valence-electron chi connectivity index (χ3n) is 5.68. The Kier molecular flexibility index (Phi) is 12.8. The minimum atomic E-state index is -0.362. The SMILES string of the molecule is CCCCC(Sc1nc(OCCCc2ccccc2)cc(OCCCc2ccccc2)n1)C(=O)OCC. The molecule has 7 heteroatoms. The van der Waals surface area contributed by atoms with Crippen LogP contribution in [0.3, 0.4) is 0 Å². The smallest absolute Gasteiger partial charge is 0.319 e. The number of thioether (sulfide) groups is 1. The van der Waals surface area contributed by atoms with Crippen molar-refractivity contribution in [2.24, 2.45) is 0 Å². The highest BCUT2D eigenvalue weighted by Gasteiger charge is 2.23. The first-order valence-corrected chi connectivity index (χ1v) is 14.1. The summed E-state index contributed by atoms with van der Waals surface area (Å²) < 4.78 is 17.3. The fourth-order valence-corrected chi connectivity index (χ4v) is 4.75. The maximum atomic E-state index is 12.6. The number of hydrogen-bond acceptors (Lipinski definition) is 7. The van der Waals surface area contributed by atoms with Gasteiger partial charge in [-0.05, 0) is 50.2 Å². The maximum absolute atomic E-state index is 12.6. The normalized spacial score (nSPS) is 11.6. The van der Waals surface area contributed by atoms with Crippen LogP contribution in [-0.2, 0) is 22.4 Å². The highest BCUT2D eigenvalue weighted by Crippen LogP contribution is 2.29. The van der Waals surface area contributed by atoms with Crippen LogP contribution in [0.25, 0.3) is 0 Å². The predicted molar refractivity (Wildman–Crippen MR) is 148 cm³/mol. The Morgan fingerprint density at radius 1 is 0.811 bits per heavy atom. The molecule has 2 aromatic carbocycles. The molecular weight excluding hydrogens is 484 g/mol. The zero-order valence-electron chi connectivity index (χ0n) is 21.9. The van der Waals surface area contributed by atoms with Crippen LogP contribution in [0, 0.1) is 0 Å². The molecule has 1 atom stereocenters. The lowest BCUT2D eigenvalue weighted by Crippen LogP contribution is -2.21. The van der Waals surface area contributed by atoms with Crippen LogP contribution < -0.4 is 9.47 Å². The molecule has 0 fully saturated rings. The second kappa shape index (κ2) is 16.6. The molecule has 1 unspecified atom stereocenters. The summed E-state index contributed by atoms with van der Waals surface area (Å²) in [5, 5.41) is 0.104. The molecule has 0 N–H and O–H groups in total. The van der Waals surface area contributed by atoms with Crippen LogP contribution in [0.4, 0.5) is 0 Å². The van der Waals surface area contributed by atoms with E-state index in [0.29, 0.717) is 43.2 Å². The van der Waals surface area contributed by atoms with Crippen molar-refractivity contribution >= 4 is 17.7 Å². The number of aryl methyl sites for hydroxylation is 2. The lowest BCUT2D eigenvalue weighted by Gasteiger charge is -2.15. The minimum absolute atomic E-state index is 0.232. The van der Waals surface area contributed by atoms with E-state index < -0.39 is 0 Å². The Balaban J connectivity index is 1.64. The summed E-state index contributed by atoms with van der Waals surface area (Å²) in [6.45, 7) is 5.33. The number of rotatable bonds is 17. The van der Waals surface area contributed by atoms with E-state index in [0.717, 1.165) is 38.5 Å². The second-order valence-corrected chi connectivity index (χ2v) is 9.87. The topological polar surface area (TPSA) is 70.5 Å². The summed E-state index contributed by atoms with van der Waals surface area (Å²) in [6, 6.07) is 22.4. The van der Waals surface area contributed by atoms with Gasteiger partial charge < -0.3 is 14.2 Å². The van der Waals surface area contributed by atoms with E-state index in [2.05, 4.69) is 41.2 Å². The zero-order chi connectivity index (χ0) is 26.1. The van der Waals surface area contributed by atoms with Gasteiger partial charge in [0.25, 0.3) is 0 Å². The molecule has 0 amide bonds. The lowest BCUT2D eigenvalue weighted by atomic mass is 10.1. The first-order chi connectivity index (χ1) is 18.2. The molecule has 0 spiro atoms. The van der Waals surface area contributed by atoms with Crippen molar-refractivity contribution in [3.8, 4) is 11.8 Å². The third kappa shape index (κ3) is 10.8. The van der Waals surface area contributed by atoms with Crippen LogP contribution in [0.5, 0.6) is 11.8 Å². The summed E-state index contributed by atoms with van der Waals surface area (Å²) in [4.78, 5) is 21.7. The van der Waals surface area contributed by atoms with E-state index in [9.17, 15) is 4.79 Å². The van der Waals surface area contributed by atoms with Gasteiger partial charge in [-0.2, -0.15) is 9.97 Å². The van der Waals surface area contributed by atoms with Gasteiger partial charge in [-0.15, -0.1) is 0 Å². The molecule has 0 saturated heterocycles. The molecule has 0 bridgehead atoms. The van der Waals surface area contributed by atoms with E-state index in [1.165, 1.54) is 22.9 Å². The predicted octanol–water partition coefficient (Wildman–Crippen LogP) is 6.71. The van der Waals surface area contributed by atoms with Crippen molar-refractivity contribution in [2.75, 3.05) is 19.8 Å². The summed E-state index contributed by atoms with van der Waals surface area (Å²) in [7, 11) is 0. The van der Waals surface area contributed by atoms with Gasteiger partial charge >= 0.3 is 5.97 Å². The summed E-state index contributed by atoms with van der Waals surface area (Å²) >= 11 is 1.32. The number of ether oxygens (including phenoxy) is 3. The van der Waals surface area contributed by atoms with Crippen molar-refractivity contribution in [1.82, 2.24) is 9.97 Å². The van der Waals surface area contributed by atoms with Crippen molar-refractivity contribution < 1.29 is 19.0 Å². The molecule has 0 saturated carbocycles. The molecule has 3 rings (SSSR count). The largest absolute Gasteiger partial charge is 0.477 e. The standard InChI is InChI=1S/C30H38N2O4S/c1-3-5-20-26(29(33)34-4-2)37-30-31-27(35-21-12-18-24-14-8-6-9-15-24)23-28(32-30)36-22-13-19-25-16-10-7-11-17-25/h6-11,14-17,23,26H,3-5,12-13,18-22H2,1-2H3. The maximum Gasteiger partial charge on any atom is 0.319 e. The van der Waals surface area contributed by atoms with Gasteiger partial charge in [0, 0.05) is 0 Å². The first-order valence-electron chi connectivity index (χ1n) is 13.2. The van der Waals surface area contributed by atoms with Gasteiger partial charge in [0.15, 0.2) is 5.16 Å². The highest BCUT2D eigenvalue weighted by atomic mass is 32.2. The number of benzene rings is 2. The van der Waals surface area contributed by atoms with Crippen LogP contribution >= 0.6 is 11.8 Å². The molecule has 1 aromatic heterocycles. The summed E-state index contributed by atoms with van der Waals surface area (Å²) in [5.74, 6) is 0.688. The number of nitrogens with zero attached hydrogens (tertiary/aromatic N) is 2. The molecule has 1 heterocycles. The number of carbonyl (C=O) groups excluding carboxylic acids is 1. The first kappa shape index (κ1) is 28.5. The fraction of sp³-hybridized carbons (Fsp3) is 0.433. The average molecular weight is 523 g/mol. The summed E-state index contributed by atoms with van der Waals surface area (Å²) in [6.07, 6.45) is 6.22. The Labute approximate surface area is 225 Å². The number of aromatic nitrogens is 2. The average Bonchev–Trinajstić information content (AvgIpc) is 2.93. The van der Waals surface area contributed by atoms with Crippen molar-refractivity contribution in [3.05, 3.63) is 77.9 Å². The van der Waals surface area contributed by atoms with Gasteiger partial charge in [-0.1, -0.05) is 92.2 Å². The van der Waals surface area contributed by atoms with Gasteiger partial charge in [0.1, 0.15) is 5.25 Å². The minimum Gasteiger partial charge on any atom is -0.477 e.